The highest BCUT2D eigenvalue weighted by Crippen LogP contribution is 2.27. The molecule has 0 fully saturated rings. The molecule has 2 aromatic carbocycles. The molecule has 3 nitrogen and oxygen atoms in total. The van der Waals surface area contributed by atoms with E-state index in [1.165, 1.54) is 0 Å². The Kier molecular flexibility index (Phi) is 5.03. The Morgan fingerprint density at radius 1 is 1.15 bits per heavy atom. The van der Waals surface area contributed by atoms with Crippen LogP contribution in [-0.2, 0) is 11.9 Å². The van der Waals surface area contributed by atoms with Crippen molar-refractivity contribution in [1.29, 1.82) is 5.26 Å². The van der Waals surface area contributed by atoms with Gasteiger partial charge in [-0.25, -0.2) is 0 Å². The minimum atomic E-state index is 0.371. The topological polar surface area (TPSA) is 42.2 Å². The molecule has 4 heteroatoms. The lowest BCUT2D eigenvalue weighted by Gasteiger charge is -2.12. The molecule has 0 bridgehead atoms. The van der Waals surface area contributed by atoms with E-state index >= 15 is 0 Å². The van der Waals surface area contributed by atoms with Crippen LogP contribution in [0.15, 0.2) is 42.5 Å². The SMILES string of the molecule is COc1ccc(OCc2ccccc2C#N)c(CBr)c1. The van der Waals surface area contributed by atoms with Crippen molar-refractivity contribution in [2.24, 2.45) is 0 Å². The second-order valence-corrected chi connectivity index (χ2v) is 4.73. The Balaban J connectivity index is 2.17. The Bertz CT molecular complexity index is 635. The number of rotatable bonds is 5. The predicted molar refractivity (Wildman–Crippen MR) is 81.1 cm³/mol. The number of benzene rings is 2. The molecular weight excluding hydrogens is 318 g/mol. The third-order valence-electron chi connectivity index (χ3n) is 2.93. The van der Waals surface area contributed by atoms with E-state index in [1.54, 1.807) is 13.2 Å². The molecule has 0 aromatic heterocycles. The molecular formula is C16H14BrNO2. The van der Waals surface area contributed by atoms with Gasteiger partial charge in [0.15, 0.2) is 0 Å². The summed E-state index contributed by atoms with van der Waals surface area (Å²) in [5, 5.41) is 9.74. The molecule has 0 atom stereocenters. The Labute approximate surface area is 126 Å². The van der Waals surface area contributed by atoms with Crippen molar-refractivity contribution in [3.05, 3.63) is 59.2 Å². The molecule has 0 saturated carbocycles. The van der Waals surface area contributed by atoms with E-state index in [2.05, 4.69) is 22.0 Å². The van der Waals surface area contributed by atoms with Gasteiger partial charge in [-0.05, 0) is 24.3 Å². The first-order valence-electron chi connectivity index (χ1n) is 6.12. The highest BCUT2D eigenvalue weighted by atomic mass is 79.9. The highest BCUT2D eigenvalue weighted by molar-refractivity contribution is 9.08. The Morgan fingerprint density at radius 3 is 2.65 bits per heavy atom. The first-order valence-corrected chi connectivity index (χ1v) is 7.24. The number of nitrogens with zero attached hydrogens (tertiary/aromatic N) is 1. The fourth-order valence-electron chi connectivity index (χ4n) is 1.84. The second kappa shape index (κ2) is 6.97. The smallest absolute Gasteiger partial charge is 0.124 e. The maximum absolute atomic E-state index is 9.06. The monoisotopic (exact) mass is 331 g/mol. The van der Waals surface area contributed by atoms with Gasteiger partial charge in [0, 0.05) is 16.5 Å². The van der Waals surface area contributed by atoms with Gasteiger partial charge in [-0.1, -0.05) is 34.1 Å². The molecule has 0 saturated heterocycles. The van der Waals surface area contributed by atoms with Crippen LogP contribution in [0.1, 0.15) is 16.7 Å². The molecule has 0 radical (unpaired) electrons. The van der Waals surface area contributed by atoms with Gasteiger partial charge >= 0.3 is 0 Å². The second-order valence-electron chi connectivity index (χ2n) is 4.16. The van der Waals surface area contributed by atoms with Gasteiger partial charge in [0.25, 0.3) is 0 Å². The van der Waals surface area contributed by atoms with Crippen molar-refractivity contribution < 1.29 is 9.47 Å². The summed E-state index contributed by atoms with van der Waals surface area (Å²) >= 11 is 3.44. The van der Waals surface area contributed by atoms with Crippen LogP contribution in [0.3, 0.4) is 0 Å². The largest absolute Gasteiger partial charge is 0.497 e. The van der Waals surface area contributed by atoms with Crippen LogP contribution >= 0.6 is 15.9 Å². The number of nitriles is 1. The van der Waals surface area contributed by atoms with E-state index in [0.717, 1.165) is 22.6 Å². The molecule has 0 N–H and O–H groups in total. The van der Waals surface area contributed by atoms with Gasteiger partial charge < -0.3 is 9.47 Å². The summed E-state index contributed by atoms with van der Waals surface area (Å²) < 4.78 is 11.0. The molecule has 0 unspecified atom stereocenters. The van der Waals surface area contributed by atoms with Crippen LogP contribution in [0.5, 0.6) is 11.5 Å². The third kappa shape index (κ3) is 3.31. The summed E-state index contributed by atoms with van der Waals surface area (Å²) in [6.45, 7) is 0.371. The first-order chi connectivity index (χ1) is 9.78. The van der Waals surface area contributed by atoms with Crippen molar-refractivity contribution in [1.82, 2.24) is 0 Å². The van der Waals surface area contributed by atoms with Crippen LogP contribution in [-0.4, -0.2) is 7.11 Å². The number of methoxy groups -OCH3 is 1. The van der Waals surface area contributed by atoms with E-state index in [9.17, 15) is 0 Å². The number of hydrogen-bond acceptors (Lipinski definition) is 3. The minimum absolute atomic E-state index is 0.371. The molecule has 0 aliphatic heterocycles. The normalized spacial score (nSPS) is 9.85. The van der Waals surface area contributed by atoms with E-state index in [4.69, 9.17) is 14.7 Å². The Morgan fingerprint density at radius 2 is 1.95 bits per heavy atom. The molecule has 0 aliphatic rings. The van der Waals surface area contributed by atoms with Crippen molar-refractivity contribution in [2.45, 2.75) is 11.9 Å². The number of hydrogen-bond donors (Lipinski definition) is 0. The zero-order valence-corrected chi connectivity index (χ0v) is 12.7. The average Bonchev–Trinajstić information content (AvgIpc) is 2.52. The zero-order valence-electron chi connectivity index (χ0n) is 11.1. The molecule has 0 heterocycles. The summed E-state index contributed by atoms with van der Waals surface area (Å²) in [6.07, 6.45) is 0. The molecule has 2 rings (SSSR count). The van der Waals surface area contributed by atoms with Gasteiger partial charge in [0.1, 0.15) is 18.1 Å². The van der Waals surface area contributed by atoms with E-state index in [1.807, 2.05) is 36.4 Å². The fraction of sp³-hybridized carbons (Fsp3) is 0.188. The molecule has 0 aliphatic carbocycles. The summed E-state index contributed by atoms with van der Waals surface area (Å²) in [7, 11) is 1.64. The van der Waals surface area contributed by atoms with Crippen LogP contribution in [0.2, 0.25) is 0 Å². The van der Waals surface area contributed by atoms with Crippen LogP contribution in [0.25, 0.3) is 0 Å². The van der Waals surface area contributed by atoms with Crippen molar-refractivity contribution >= 4 is 15.9 Å². The molecule has 0 spiro atoms. The fourth-order valence-corrected chi connectivity index (χ4v) is 2.28. The number of ether oxygens (including phenoxy) is 2. The molecule has 2 aromatic rings. The molecule has 20 heavy (non-hydrogen) atoms. The predicted octanol–water partition coefficient (Wildman–Crippen LogP) is 4.04. The van der Waals surface area contributed by atoms with Crippen LogP contribution in [0.4, 0.5) is 0 Å². The lowest BCUT2D eigenvalue weighted by Crippen LogP contribution is -2.00. The number of alkyl halides is 1. The van der Waals surface area contributed by atoms with Crippen LogP contribution < -0.4 is 9.47 Å². The van der Waals surface area contributed by atoms with Crippen LogP contribution in [0, 0.1) is 11.3 Å². The maximum atomic E-state index is 9.06. The average molecular weight is 332 g/mol. The van der Waals surface area contributed by atoms with Gasteiger partial charge in [-0.2, -0.15) is 5.26 Å². The standard InChI is InChI=1S/C16H14BrNO2/c1-19-15-6-7-16(14(8-15)9-17)20-11-13-5-3-2-4-12(13)10-18/h2-8H,9,11H2,1H3. The molecule has 0 amide bonds. The maximum Gasteiger partial charge on any atom is 0.124 e. The summed E-state index contributed by atoms with van der Waals surface area (Å²) in [6, 6.07) is 15.3. The van der Waals surface area contributed by atoms with E-state index in [-0.39, 0.29) is 0 Å². The lowest BCUT2D eigenvalue weighted by atomic mass is 10.1. The quantitative estimate of drug-likeness (QED) is 0.776. The summed E-state index contributed by atoms with van der Waals surface area (Å²) in [4.78, 5) is 0. The van der Waals surface area contributed by atoms with Crippen molar-refractivity contribution in [2.75, 3.05) is 7.11 Å². The van der Waals surface area contributed by atoms with Gasteiger partial charge in [0.05, 0.1) is 18.7 Å². The third-order valence-corrected chi connectivity index (χ3v) is 3.54. The zero-order chi connectivity index (χ0) is 14.4. The van der Waals surface area contributed by atoms with E-state index < -0.39 is 0 Å². The first kappa shape index (κ1) is 14.4. The van der Waals surface area contributed by atoms with Gasteiger partial charge in [-0.15, -0.1) is 0 Å². The lowest BCUT2D eigenvalue weighted by molar-refractivity contribution is 0.303. The highest BCUT2D eigenvalue weighted by Gasteiger charge is 2.07. The molecule has 102 valence electrons. The van der Waals surface area contributed by atoms with Gasteiger partial charge in [-0.3, -0.25) is 0 Å². The van der Waals surface area contributed by atoms with E-state index in [0.29, 0.717) is 17.5 Å². The van der Waals surface area contributed by atoms with Crippen molar-refractivity contribution in [3.63, 3.8) is 0 Å². The Hall–Kier alpha value is -1.99. The minimum Gasteiger partial charge on any atom is -0.497 e. The summed E-state index contributed by atoms with van der Waals surface area (Å²) in [5.74, 6) is 1.58. The number of halogens is 1. The van der Waals surface area contributed by atoms with Crippen molar-refractivity contribution in [3.8, 4) is 17.6 Å². The summed E-state index contributed by atoms with van der Waals surface area (Å²) in [5.41, 5.74) is 2.53. The van der Waals surface area contributed by atoms with Gasteiger partial charge in [0.2, 0.25) is 0 Å².